The van der Waals surface area contributed by atoms with Crippen LogP contribution in [0.15, 0.2) is 36.0 Å². The molecule has 25 heavy (non-hydrogen) atoms. The Morgan fingerprint density at radius 3 is 2.92 bits per heavy atom. The van der Waals surface area contributed by atoms with Crippen LogP contribution in [0, 0.1) is 18.3 Å². The lowest BCUT2D eigenvalue weighted by Crippen LogP contribution is -2.02. The third kappa shape index (κ3) is 4.08. The Hall–Kier alpha value is -2.62. The second-order valence-corrected chi connectivity index (χ2v) is 6.69. The van der Waals surface area contributed by atoms with Crippen molar-refractivity contribution in [1.82, 2.24) is 14.8 Å². The van der Waals surface area contributed by atoms with E-state index in [1.807, 2.05) is 36.6 Å². The van der Waals surface area contributed by atoms with Crippen LogP contribution >= 0.6 is 22.9 Å². The second-order valence-electron chi connectivity index (χ2n) is 5.39. The monoisotopic (exact) mass is 370 g/mol. The van der Waals surface area contributed by atoms with Gasteiger partial charge < -0.3 is 4.74 Å². The summed E-state index contributed by atoms with van der Waals surface area (Å²) in [4.78, 5) is 4.38. The number of aryl methyl sites for hydroxylation is 1. The number of methoxy groups -OCH3 is 1. The number of nitrogens with zero attached hydrogens (tertiary/aromatic N) is 4. The number of nitriles is 1. The number of rotatable bonds is 5. The van der Waals surface area contributed by atoms with E-state index in [1.165, 1.54) is 11.3 Å². The molecule has 2 heterocycles. The van der Waals surface area contributed by atoms with Crippen molar-refractivity contribution < 1.29 is 4.74 Å². The van der Waals surface area contributed by atoms with Gasteiger partial charge >= 0.3 is 0 Å². The van der Waals surface area contributed by atoms with Crippen LogP contribution in [0.3, 0.4) is 0 Å². The molecule has 0 spiro atoms. The average molecular weight is 371 g/mol. The molecule has 5 nitrogen and oxygen atoms in total. The van der Waals surface area contributed by atoms with Gasteiger partial charge in [-0.1, -0.05) is 17.7 Å². The topological polar surface area (TPSA) is 63.7 Å². The molecule has 0 aliphatic heterocycles. The largest absolute Gasteiger partial charge is 0.496 e. The van der Waals surface area contributed by atoms with Gasteiger partial charge in [0.05, 0.1) is 30.4 Å². The molecule has 0 bridgehead atoms. The minimum absolute atomic E-state index is 0.524. The van der Waals surface area contributed by atoms with Crippen LogP contribution in [-0.4, -0.2) is 21.9 Å². The predicted octanol–water partition coefficient (Wildman–Crippen LogP) is 4.42. The normalized spacial score (nSPS) is 11.4. The summed E-state index contributed by atoms with van der Waals surface area (Å²) >= 11 is 7.39. The number of aromatic nitrogens is 3. The van der Waals surface area contributed by atoms with Crippen molar-refractivity contribution in [2.45, 2.75) is 13.5 Å². The highest BCUT2D eigenvalue weighted by Crippen LogP contribution is 2.25. The van der Waals surface area contributed by atoms with E-state index in [9.17, 15) is 5.26 Å². The van der Waals surface area contributed by atoms with Crippen LogP contribution in [0.4, 0.5) is 0 Å². The number of thiazole rings is 1. The maximum atomic E-state index is 9.45. The van der Waals surface area contributed by atoms with Crippen molar-refractivity contribution in [3.8, 4) is 11.8 Å². The van der Waals surface area contributed by atoms with Gasteiger partial charge in [0.25, 0.3) is 0 Å². The van der Waals surface area contributed by atoms with E-state index >= 15 is 0 Å². The molecular formula is C18H15ClN4OS. The molecule has 3 aromatic rings. The number of allylic oxidation sites excluding steroid dienone is 1. The zero-order valence-corrected chi connectivity index (χ0v) is 15.3. The summed E-state index contributed by atoms with van der Waals surface area (Å²) in [5.41, 5.74) is 3.30. The Bertz CT molecular complexity index is 968. The van der Waals surface area contributed by atoms with E-state index in [0.717, 1.165) is 27.6 Å². The SMILES string of the molecule is COc1ccc(/C=C(\C#N)c2nc(C)cs2)cc1Cn1cc(Cl)cn1. The quantitative estimate of drug-likeness (QED) is 0.623. The number of ether oxygens (including phenoxy) is 1. The van der Waals surface area contributed by atoms with Crippen molar-refractivity contribution in [2.75, 3.05) is 7.11 Å². The first-order valence-electron chi connectivity index (χ1n) is 7.48. The summed E-state index contributed by atoms with van der Waals surface area (Å²) in [7, 11) is 1.63. The third-order valence-electron chi connectivity index (χ3n) is 3.52. The minimum Gasteiger partial charge on any atom is -0.496 e. The first-order chi connectivity index (χ1) is 12.1. The first-order valence-corrected chi connectivity index (χ1v) is 8.74. The third-order valence-corrected chi connectivity index (χ3v) is 4.71. The fourth-order valence-electron chi connectivity index (χ4n) is 2.40. The van der Waals surface area contributed by atoms with Crippen molar-refractivity contribution in [3.05, 3.63) is 62.8 Å². The number of benzene rings is 1. The van der Waals surface area contributed by atoms with E-state index in [1.54, 1.807) is 24.2 Å². The second kappa shape index (κ2) is 7.51. The number of hydrogen-bond acceptors (Lipinski definition) is 5. The van der Waals surface area contributed by atoms with Gasteiger partial charge in [0.15, 0.2) is 0 Å². The Morgan fingerprint density at radius 1 is 1.48 bits per heavy atom. The molecule has 3 rings (SSSR count). The molecule has 0 aliphatic rings. The predicted molar refractivity (Wildman–Crippen MR) is 99.7 cm³/mol. The summed E-state index contributed by atoms with van der Waals surface area (Å²) in [6, 6.07) is 8.00. The molecule has 7 heteroatoms. The highest BCUT2D eigenvalue weighted by atomic mass is 35.5. The van der Waals surface area contributed by atoms with Crippen LogP contribution in [0.1, 0.15) is 21.8 Å². The molecule has 0 saturated heterocycles. The minimum atomic E-state index is 0.524. The highest BCUT2D eigenvalue weighted by Gasteiger charge is 2.09. The Balaban J connectivity index is 1.95. The van der Waals surface area contributed by atoms with Crippen LogP contribution in [0.2, 0.25) is 5.02 Å². The summed E-state index contributed by atoms with van der Waals surface area (Å²) in [5, 5.41) is 16.9. The maximum Gasteiger partial charge on any atom is 0.134 e. The van der Waals surface area contributed by atoms with Gasteiger partial charge in [0.2, 0.25) is 0 Å². The lowest BCUT2D eigenvalue weighted by atomic mass is 10.1. The lowest BCUT2D eigenvalue weighted by molar-refractivity contribution is 0.407. The van der Waals surface area contributed by atoms with Gasteiger partial charge in [-0.2, -0.15) is 10.4 Å². The fourth-order valence-corrected chi connectivity index (χ4v) is 3.32. The summed E-state index contributed by atoms with van der Waals surface area (Å²) in [6.45, 7) is 2.44. The Morgan fingerprint density at radius 2 is 2.32 bits per heavy atom. The molecule has 0 N–H and O–H groups in total. The molecule has 0 amide bonds. The summed E-state index contributed by atoms with van der Waals surface area (Å²) in [6.07, 6.45) is 5.18. The van der Waals surface area contributed by atoms with Crippen LogP contribution in [0.25, 0.3) is 11.6 Å². The highest BCUT2D eigenvalue weighted by molar-refractivity contribution is 7.11. The van der Waals surface area contributed by atoms with E-state index < -0.39 is 0 Å². The summed E-state index contributed by atoms with van der Waals surface area (Å²) in [5.74, 6) is 0.757. The van der Waals surface area contributed by atoms with Crippen LogP contribution in [0.5, 0.6) is 5.75 Å². The smallest absolute Gasteiger partial charge is 0.134 e. The average Bonchev–Trinajstić information content (AvgIpc) is 3.21. The van der Waals surface area contributed by atoms with Crippen molar-refractivity contribution in [2.24, 2.45) is 0 Å². The van der Waals surface area contributed by atoms with Crippen LogP contribution < -0.4 is 4.74 Å². The lowest BCUT2D eigenvalue weighted by Gasteiger charge is -2.10. The zero-order chi connectivity index (χ0) is 17.8. The summed E-state index contributed by atoms with van der Waals surface area (Å²) < 4.78 is 7.17. The van der Waals surface area contributed by atoms with Gasteiger partial charge in [-0.3, -0.25) is 4.68 Å². The molecule has 0 aliphatic carbocycles. The molecular weight excluding hydrogens is 356 g/mol. The standard InChI is InChI=1S/C18H15ClN4OS/c1-12-11-25-18(22-12)14(7-20)5-13-3-4-17(24-2)15(6-13)9-23-10-16(19)8-21-23/h3-6,8,10-11H,9H2,1-2H3/b14-5+. The molecule has 0 fully saturated rings. The van der Waals surface area contributed by atoms with E-state index in [2.05, 4.69) is 16.2 Å². The first kappa shape index (κ1) is 17.2. The molecule has 0 radical (unpaired) electrons. The number of halogens is 1. The van der Waals surface area contributed by atoms with Crippen LogP contribution in [-0.2, 0) is 6.54 Å². The molecule has 0 atom stereocenters. The van der Waals surface area contributed by atoms with Crippen molar-refractivity contribution in [3.63, 3.8) is 0 Å². The van der Waals surface area contributed by atoms with Gasteiger partial charge in [0.1, 0.15) is 16.8 Å². The number of hydrogen-bond donors (Lipinski definition) is 0. The molecule has 2 aromatic heterocycles. The molecule has 1 aromatic carbocycles. The van der Waals surface area contributed by atoms with E-state index in [-0.39, 0.29) is 0 Å². The van der Waals surface area contributed by atoms with Crippen molar-refractivity contribution in [1.29, 1.82) is 5.26 Å². The molecule has 126 valence electrons. The van der Waals surface area contributed by atoms with Gasteiger partial charge in [-0.05, 0) is 30.7 Å². The van der Waals surface area contributed by atoms with E-state index in [0.29, 0.717) is 17.1 Å². The van der Waals surface area contributed by atoms with Gasteiger partial charge in [-0.25, -0.2) is 4.98 Å². The Kier molecular flexibility index (Phi) is 5.17. The van der Waals surface area contributed by atoms with Crippen molar-refractivity contribution >= 4 is 34.6 Å². The van der Waals surface area contributed by atoms with Gasteiger partial charge in [-0.15, -0.1) is 11.3 Å². The van der Waals surface area contributed by atoms with E-state index in [4.69, 9.17) is 16.3 Å². The Labute approximate surface area is 154 Å². The zero-order valence-electron chi connectivity index (χ0n) is 13.7. The van der Waals surface area contributed by atoms with Gasteiger partial charge in [0, 0.05) is 22.8 Å². The maximum absolute atomic E-state index is 9.45. The molecule has 0 unspecified atom stereocenters. The molecule has 0 saturated carbocycles. The fraction of sp³-hybridized carbons (Fsp3) is 0.167.